The maximum absolute atomic E-state index is 4.42. The predicted octanol–water partition coefficient (Wildman–Crippen LogP) is 2.95. The molecule has 3 nitrogen and oxygen atoms in total. The summed E-state index contributed by atoms with van der Waals surface area (Å²) in [5.41, 5.74) is 1.08. The highest BCUT2D eigenvalue weighted by Gasteiger charge is 2.53. The van der Waals surface area contributed by atoms with Crippen LogP contribution < -0.4 is 5.32 Å². The Hall–Kier alpha value is -0.960. The van der Waals surface area contributed by atoms with Gasteiger partial charge in [0, 0.05) is 30.7 Å². The molecule has 1 N–H and O–H groups in total. The van der Waals surface area contributed by atoms with Gasteiger partial charge in [0.25, 0.3) is 0 Å². The molecule has 3 aliphatic carbocycles. The molecule has 0 amide bonds. The molecule has 102 valence electrons. The molecule has 3 fully saturated rings. The van der Waals surface area contributed by atoms with Gasteiger partial charge in [-0.25, -0.2) is 0 Å². The van der Waals surface area contributed by atoms with Crippen molar-refractivity contribution < 1.29 is 0 Å². The van der Waals surface area contributed by atoms with E-state index in [1.54, 1.807) is 12.4 Å². The fourth-order valence-electron chi connectivity index (χ4n) is 5.20. The first-order valence-corrected chi connectivity index (χ1v) is 7.85. The highest BCUT2D eigenvalue weighted by atomic mass is 15.0. The fraction of sp³-hybridized carbons (Fsp3) is 0.750. The highest BCUT2D eigenvalue weighted by molar-refractivity contribution is 5.08. The summed E-state index contributed by atoms with van der Waals surface area (Å²) < 4.78 is 0. The van der Waals surface area contributed by atoms with Crippen molar-refractivity contribution in [3.05, 3.63) is 24.3 Å². The molecule has 1 aromatic heterocycles. The van der Waals surface area contributed by atoms with Gasteiger partial charge in [-0.05, 0) is 56.3 Å². The average molecular weight is 257 g/mol. The fourth-order valence-corrected chi connectivity index (χ4v) is 5.20. The van der Waals surface area contributed by atoms with Gasteiger partial charge >= 0.3 is 0 Å². The van der Waals surface area contributed by atoms with Gasteiger partial charge < -0.3 is 5.32 Å². The molecular weight excluding hydrogens is 234 g/mol. The number of hydrogen-bond acceptors (Lipinski definition) is 3. The van der Waals surface area contributed by atoms with Crippen molar-refractivity contribution >= 4 is 0 Å². The lowest BCUT2D eigenvalue weighted by atomic mass is 9.79. The Labute approximate surface area is 115 Å². The maximum atomic E-state index is 4.42. The van der Waals surface area contributed by atoms with Crippen molar-refractivity contribution in [1.29, 1.82) is 0 Å². The molecule has 6 atom stereocenters. The van der Waals surface area contributed by atoms with Crippen LogP contribution in [-0.4, -0.2) is 16.0 Å². The van der Waals surface area contributed by atoms with Gasteiger partial charge in [-0.3, -0.25) is 9.97 Å². The molecule has 6 unspecified atom stereocenters. The summed E-state index contributed by atoms with van der Waals surface area (Å²) >= 11 is 0. The molecule has 0 radical (unpaired) electrons. The van der Waals surface area contributed by atoms with Crippen LogP contribution in [0.3, 0.4) is 0 Å². The standard InChI is InChI=1S/C16H23N3/c1-10(16-9-17-5-6-18-16)19-15-8-11-7-14(15)13-4-2-3-12(11)13/h5-6,9-15,19H,2-4,7-8H2,1H3. The van der Waals surface area contributed by atoms with E-state index in [1.165, 1.54) is 32.1 Å². The quantitative estimate of drug-likeness (QED) is 0.904. The minimum absolute atomic E-state index is 0.331. The van der Waals surface area contributed by atoms with Crippen LogP contribution in [0.4, 0.5) is 0 Å². The number of hydrogen-bond donors (Lipinski definition) is 1. The summed E-state index contributed by atoms with van der Waals surface area (Å²) in [5, 5.41) is 3.84. The normalized spacial score (nSPS) is 41.4. The van der Waals surface area contributed by atoms with E-state index >= 15 is 0 Å². The molecule has 0 spiro atoms. The minimum Gasteiger partial charge on any atom is -0.306 e. The van der Waals surface area contributed by atoms with E-state index in [0.29, 0.717) is 6.04 Å². The SMILES string of the molecule is CC(NC1CC2CC1C1CCCC21)c1cnccn1. The first kappa shape index (κ1) is 11.8. The van der Waals surface area contributed by atoms with E-state index < -0.39 is 0 Å². The van der Waals surface area contributed by atoms with Crippen molar-refractivity contribution in [1.82, 2.24) is 15.3 Å². The third-order valence-corrected chi connectivity index (χ3v) is 5.92. The number of rotatable bonds is 3. The second kappa shape index (κ2) is 4.55. The molecule has 3 aliphatic rings. The van der Waals surface area contributed by atoms with E-state index in [9.17, 15) is 0 Å². The Balaban J connectivity index is 1.45. The van der Waals surface area contributed by atoms with Gasteiger partial charge in [0.15, 0.2) is 0 Å². The number of aromatic nitrogens is 2. The van der Waals surface area contributed by atoms with Crippen molar-refractivity contribution in [2.45, 2.75) is 51.1 Å². The lowest BCUT2D eigenvalue weighted by Gasteiger charge is -2.33. The van der Waals surface area contributed by atoms with Crippen LogP contribution in [-0.2, 0) is 0 Å². The predicted molar refractivity (Wildman–Crippen MR) is 74.4 cm³/mol. The smallest absolute Gasteiger partial charge is 0.0753 e. The van der Waals surface area contributed by atoms with Crippen LogP contribution in [0, 0.1) is 23.7 Å². The van der Waals surface area contributed by atoms with E-state index in [1.807, 2.05) is 6.20 Å². The molecule has 3 saturated carbocycles. The molecule has 0 aromatic carbocycles. The summed E-state index contributed by atoms with van der Waals surface area (Å²) in [6.45, 7) is 2.22. The summed E-state index contributed by atoms with van der Waals surface area (Å²) in [7, 11) is 0. The zero-order valence-corrected chi connectivity index (χ0v) is 11.6. The van der Waals surface area contributed by atoms with Crippen molar-refractivity contribution in [3.63, 3.8) is 0 Å². The third kappa shape index (κ3) is 1.90. The first-order valence-electron chi connectivity index (χ1n) is 7.85. The van der Waals surface area contributed by atoms with Crippen LogP contribution >= 0.6 is 0 Å². The van der Waals surface area contributed by atoms with E-state index in [4.69, 9.17) is 0 Å². The first-order chi connectivity index (χ1) is 9.33. The average Bonchev–Trinajstić information content (AvgIpc) is 3.11. The molecular formula is C16H23N3. The van der Waals surface area contributed by atoms with Gasteiger partial charge in [-0.2, -0.15) is 0 Å². The Morgan fingerprint density at radius 1 is 1.16 bits per heavy atom. The van der Waals surface area contributed by atoms with Crippen LogP contribution in [0.2, 0.25) is 0 Å². The Kier molecular flexibility index (Phi) is 2.83. The molecule has 2 bridgehead atoms. The second-order valence-electron chi connectivity index (χ2n) is 6.78. The molecule has 1 heterocycles. The molecule has 0 saturated heterocycles. The molecule has 3 heteroatoms. The van der Waals surface area contributed by atoms with Gasteiger partial charge in [-0.1, -0.05) is 6.42 Å². The topological polar surface area (TPSA) is 37.8 Å². The highest BCUT2D eigenvalue weighted by Crippen LogP contribution is 2.58. The Morgan fingerprint density at radius 2 is 2.05 bits per heavy atom. The molecule has 1 aromatic rings. The second-order valence-corrected chi connectivity index (χ2v) is 6.78. The minimum atomic E-state index is 0.331. The van der Waals surface area contributed by atoms with Crippen molar-refractivity contribution in [2.24, 2.45) is 23.7 Å². The largest absolute Gasteiger partial charge is 0.306 e. The van der Waals surface area contributed by atoms with Crippen molar-refractivity contribution in [2.75, 3.05) is 0 Å². The Morgan fingerprint density at radius 3 is 2.89 bits per heavy atom. The number of nitrogens with zero attached hydrogens (tertiary/aromatic N) is 2. The number of fused-ring (bicyclic) bond motifs is 5. The summed E-state index contributed by atoms with van der Waals surface area (Å²) in [5.74, 6) is 4.07. The lowest BCUT2D eigenvalue weighted by Crippen LogP contribution is -2.40. The van der Waals surface area contributed by atoms with Gasteiger partial charge in [0.1, 0.15) is 0 Å². The summed E-state index contributed by atoms with van der Waals surface area (Å²) in [4.78, 5) is 8.60. The van der Waals surface area contributed by atoms with E-state index in [2.05, 4.69) is 22.2 Å². The monoisotopic (exact) mass is 257 g/mol. The zero-order valence-electron chi connectivity index (χ0n) is 11.6. The van der Waals surface area contributed by atoms with Gasteiger partial charge in [-0.15, -0.1) is 0 Å². The molecule has 4 rings (SSSR count). The van der Waals surface area contributed by atoms with E-state index in [-0.39, 0.29) is 0 Å². The van der Waals surface area contributed by atoms with E-state index in [0.717, 1.165) is 35.4 Å². The van der Waals surface area contributed by atoms with Crippen LogP contribution in [0.25, 0.3) is 0 Å². The van der Waals surface area contributed by atoms with Gasteiger partial charge in [0.05, 0.1) is 5.69 Å². The zero-order chi connectivity index (χ0) is 12.8. The van der Waals surface area contributed by atoms with Crippen molar-refractivity contribution in [3.8, 4) is 0 Å². The molecule has 19 heavy (non-hydrogen) atoms. The van der Waals surface area contributed by atoms with Gasteiger partial charge in [0.2, 0.25) is 0 Å². The van der Waals surface area contributed by atoms with Crippen LogP contribution in [0.15, 0.2) is 18.6 Å². The summed E-state index contributed by atoms with van der Waals surface area (Å²) in [6.07, 6.45) is 12.8. The van der Waals surface area contributed by atoms with Crippen LogP contribution in [0.1, 0.15) is 50.8 Å². The maximum Gasteiger partial charge on any atom is 0.0753 e. The van der Waals surface area contributed by atoms with Crippen LogP contribution in [0.5, 0.6) is 0 Å². The summed E-state index contributed by atoms with van der Waals surface area (Å²) in [6, 6.07) is 1.05. The number of nitrogens with one attached hydrogen (secondary N) is 1. The lowest BCUT2D eigenvalue weighted by molar-refractivity contribution is 0.199. The Bertz CT molecular complexity index is 447. The molecule has 0 aliphatic heterocycles. The third-order valence-electron chi connectivity index (χ3n) is 5.92.